The highest BCUT2D eigenvalue weighted by Crippen LogP contribution is 2.21. The minimum absolute atomic E-state index is 0.192. The number of aliphatic carboxylic acids is 1. The summed E-state index contributed by atoms with van der Waals surface area (Å²) in [5.74, 6) is -1.84. The molecule has 0 radical (unpaired) electrons. The summed E-state index contributed by atoms with van der Waals surface area (Å²) in [5, 5.41) is 12.0. The third kappa shape index (κ3) is 5.33. The molecule has 2 aromatic rings. The Morgan fingerprint density at radius 1 is 1.12 bits per heavy atom. The first-order valence-corrected chi connectivity index (χ1v) is 8.77. The van der Waals surface area contributed by atoms with Crippen LogP contribution < -0.4 is 5.32 Å². The summed E-state index contributed by atoms with van der Waals surface area (Å²) in [7, 11) is 0. The van der Waals surface area contributed by atoms with Crippen LogP contribution in [0.15, 0.2) is 42.5 Å². The van der Waals surface area contributed by atoms with Gasteiger partial charge in [0.2, 0.25) is 5.91 Å². The van der Waals surface area contributed by atoms with Crippen molar-refractivity contribution < 1.29 is 14.7 Å². The molecule has 1 atom stereocenters. The van der Waals surface area contributed by atoms with Crippen molar-refractivity contribution in [1.29, 1.82) is 0 Å². The lowest BCUT2D eigenvalue weighted by atomic mass is 9.93. The van der Waals surface area contributed by atoms with Gasteiger partial charge in [-0.25, -0.2) is 0 Å². The van der Waals surface area contributed by atoms with Crippen molar-refractivity contribution in [2.75, 3.05) is 5.32 Å². The van der Waals surface area contributed by atoms with E-state index in [1.165, 1.54) is 0 Å². The molecule has 0 unspecified atom stereocenters. The van der Waals surface area contributed by atoms with Gasteiger partial charge >= 0.3 is 5.97 Å². The molecule has 0 saturated carbocycles. The van der Waals surface area contributed by atoms with E-state index in [-0.39, 0.29) is 12.3 Å². The standard InChI is InChI=1S/C19H20INO3/c1-12-7-13(2)9-14(8-12)10-15(11-18(22)23)19(24)21-17-6-4-3-5-16(17)20/h3-9,15H,10-11H2,1-2H3,(H,21,24)(H,22,23)/t15-/m1/s1. The summed E-state index contributed by atoms with van der Waals surface area (Å²) < 4.78 is 0.920. The topological polar surface area (TPSA) is 66.4 Å². The van der Waals surface area contributed by atoms with Crippen molar-refractivity contribution in [2.45, 2.75) is 26.7 Å². The zero-order valence-corrected chi connectivity index (χ0v) is 15.8. The van der Waals surface area contributed by atoms with Gasteiger partial charge in [-0.15, -0.1) is 0 Å². The van der Waals surface area contributed by atoms with Crippen LogP contribution in [-0.2, 0) is 16.0 Å². The number of carboxylic acid groups (broad SMARTS) is 1. The van der Waals surface area contributed by atoms with Crippen LogP contribution in [0.1, 0.15) is 23.1 Å². The maximum Gasteiger partial charge on any atom is 0.304 e. The van der Waals surface area contributed by atoms with Crippen molar-refractivity contribution in [3.63, 3.8) is 0 Å². The lowest BCUT2D eigenvalue weighted by Gasteiger charge is -2.16. The number of carboxylic acids is 1. The molecule has 0 aliphatic carbocycles. The minimum atomic E-state index is -0.970. The third-order valence-electron chi connectivity index (χ3n) is 3.69. The first kappa shape index (κ1) is 18.4. The number of halogens is 1. The maximum atomic E-state index is 12.6. The van der Waals surface area contributed by atoms with Gasteiger partial charge in [-0.1, -0.05) is 41.5 Å². The summed E-state index contributed by atoms with van der Waals surface area (Å²) in [6.45, 7) is 3.99. The highest BCUT2D eigenvalue weighted by atomic mass is 127. The molecule has 2 aromatic carbocycles. The molecule has 1 amide bonds. The highest BCUT2D eigenvalue weighted by Gasteiger charge is 2.23. The number of nitrogens with one attached hydrogen (secondary N) is 1. The first-order valence-electron chi connectivity index (χ1n) is 7.69. The number of aryl methyl sites for hydroxylation is 2. The fourth-order valence-electron chi connectivity index (χ4n) is 2.74. The van der Waals surface area contributed by atoms with Crippen LogP contribution in [0.4, 0.5) is 5.69 Å². The lowest BCUT2D eigenvalue weighted by molar-refractivity contribution is -0.140. The van der Waals surface area contributed by atoms with Crippen LogP contribution in [0, 0.1) is 23.3 Å². The smallest absolute Gasteiger partial charge is 0.304 e. The van der Waals surface area contributed by atoms with E-state index in [9.17, 15) is 9.59 Å². The van der Waals surface area contributed by atoms with Gasteiger partial charge in [0.25, 0.3) is 0 Å². The number of amides is 1. The fourth-order valence-corrected chi connectivity index (χ4v) is 3.26. The largest absolute Gasteiger partial charge is 0.481 e. The van der Waals surface area contributed by atoms with Crippen molar-refractivity contribution in [3.05, 3.63) is 62.7 Å². The Labute approximate surface area is 155 Å². The zero-order valence-electron chi connectivity index (χ0n) is 13.7. The number of hydrogen-bond acceptors (Lipinski definition) is 2. The van der Waals surface area contributed by atoms with E-state index in [0.29, 0.717) is 12.1 Å². The molecular formula is C19H20INO3. The third-order valence-corrected chi connectivity index (χ3v) is 4.63. The first-order chi connectivity index (χ1) is 11.3. The van der Waals surface area contributed by atoms with Gasteiger partial charge < -0.3 is 10.4 Å². The van der Waals surface area contributed by atoms with Gasteiger partial charge in [0.05, 0.1) is 18.0 Å². The molecule has 0 aliphatic heterocycles. The number of hydrogen-bond donors (Lipinski definition) is 2. The second-order valence-electron chi connectivity index (χ2n) is 5.96. The summed E-state index contributed by atoms with van der Waals surface area (Å²) in [6, 6.07) is 13.5. The highest BCUT2D eigenvalue weighted by molar-refractivity contribution is 14.1. The Morgan fingerprint density at radius 3 is 2.33 bits per heavy atom. The normalized spacial score (nSPS) is 11.8. The van der Waals surface area contributed by atoms with Crippen molar-refractivity contribution in [3.8, 4) is 0 Å². The number of carbonyl (C=O) groups excluding carboxylic acids is 1. The van der Waals surface area contributed by atoms with Gasteiger partial charge in [0.15, 0.2) is 0 Å². The average Bonchev–Trinajstić information content (AvgIpc) is 2.47. The second-order valence-corrected chi connectivity index (χ2v) is 7.13. The predicted octanol–water partition coefficient (Wildman–Crippen LogP) is 4.18. The molecular weight excluding hydrogens is 417 g/mol. The van der Waals surface area contributed by atoms with Crippen LogP contribution in [0.25, 0.3) is 0 Å². The Bertz CT molecular complexity index is 738. The summed E-state index contributed by atoms with van der Waals surface area (Å²) in [5.41, 5.74) is 3.91. The molecule has 5 heteroatoms. The van der Waals surface area contributed by atoms with Gasteiger partial charge in [0, 0.05) is 3.57 Å². The second kappa shape index (κ2) is 8.28. The van der Waals surface area contributed by atoms with Gasteiger partial charge in [-0.2, -0.15) is 0 Å². The number of rotatable bonds is 6. The summed E-state index contributed by atoms with van der Waals surface area (Å²) >= 11 is 2.14. The molecule has 0 spiro atoms. The summed E-state index contributed by atoms with van der Waals surface area (Å²) in [4.78, 5) is 23.8. The van der Waals surface area contributed by atoms with Crippen LogP contribution in [0.3, 0.4) is 0 Å². The van der Waals surface area contributed by atoms with Gasteiger partial charge in [0.1, 0.15) is 0 Å². The van der Waals surface area contributed by atoms with E-state index in [4.69, 9.17) is 5.11 Å². The quantitative estimate of drug-likeness (QED) is 0.667. The average molecular weight is 437 g/mol. The summed E-state index contributed by atoms with van der Waals surface area (Å²) in [6.07, 6.45) is 0.215. The van der Waals surface area contributed by atoms with E-state index in [1.54, 1.807) is 0 Å². The molecule has 0 saturated heterocycles. The maximum absolute atomic E-state index is 12.6. The number of para-hydroxylation sites is 1. The van der Waals surface area contributed by atoms with Crippen LogP contribution in [-0.4, -0.2) is 17.0 Å². The molecule has 0 aliphatic rings. The Hall–Kier alpha value is -1.89. The van der Waals surface area contributed by atoms with E-state index < -0.39 is 11.9 Å². The van der Waals surface area contributed by atoms with Crippen LogP contribution >= 0.6 is 22.6 Å². The number of anilines is 1. The molecule has 2 rings (SSSR count). The molecule has 126 valence electrons. The Balaban J connectivity index is 2.19. The molecule has 24 heavy (non-hydrogen) atoms. The van der Waals surface area contributed by atoms with Crippen molar-refractivity contribution in [1.82, 2.24) is 0 Å². The Morgan fingerprint density at radius 2 is 1.75 bits per heavy atom. The van der Waals surface area contributed by atoms with Crippen molar-refractivity contribution >= 4 is 40.2 Å². The molecule has 2 N–H and O–H groups in total. The molecule has 0 aromatic heterocycles. The Kier molecular flexibility index (Phi) is 6.36. The van der Waals surface area contributed by atoms with Crippen LogP contribution in [0.5, 0.6) is 0 Å². The molecule has 0 bridgehead atoms. The monoisotopic (exact) mass is 437 g/mol. The molecule has 4 nitrogen and oxygen atoms in total. The minimum Gasteiger partial charge on any atom is -0.481 e. The predicted molar refractivity (Wildman–Crippen MR) is 103 cm³/mol. The van der Waals surface area contributed by atoms with Gasteiger partial charge in [-0.3, -0.25) is 9.59 Å². The lowest BCUT2D eigenvalue weighted by Crippen LogP contribution is -2.27. The molecule has 0 fully saturated rings. The van der Waals surface area contributed by atoms with Crippen LogP contribution in [0.2, 0.25) is 0 Å². The SMILES string of the molecule is Cc1cc(C)cc(C[C@H](CC(=O)O)C(=O)Nc2ccccc2I)c1. The van der Waals surface area contributed by atoms with E-state index >= 15 is 0 Å². The zero-order chi connectivity index (χ0) is 17.7. The number of carbonyl (C=O) groups is 2. The van der Waals surface area contributed by atoms with E-state index in [1.807, 2.05) is 50.2 Å². The number of benzene rings is 2. The van der Waals surface area contributed by atoms with E-state index in [2.05, 4.69) is 34.0 Å². The van der Waals surface area contributed by atoms with E-state index in [0.717, 1.165) is 20.3 Å². The van der Waals surface area contributed by atoms with Crippen molar-refractivity contribution in [2.24, 2.45) is 5.92 Å². The fraction of sp³-hybridized carbons (Fsp3) is 0.263. The van der Waals surface area contributed by atoms with Gasteiger partial charge in [-0.05, 0) is 60.6 Å². The molecule has 0 heterocycles.